The van der Waals surface area contributed by atoms with Gasteiger partial charge in [-0.3, -0.25) is 4.79 Å². The summed E-state index contributed by atoms with van der Waals surface area (Å²) in [7, 11) is 5.13. The number of para-hydroxylation sites is 2. The second kappa shape index (κ2) is 7.42. The Bertz CT molecular complexity index is 1010. The van der Waals surface area contributed by atoms with Crippen molar-refractivity contribution in [2.45, 2.75) is 0 Å². The first kappa shape index (κ1) is 18.2. The van der Waals surface area contributed by atoms with Crippen LogP contribution in [0.2, 0.25) is 0 Å². The molecule has 1 aliphatic rings. The Labute approximate surface area is 164 Å². The molecule has 0 unspecified atom stereocenters. The van der Waals surface area contributed by atoms with Crippen LogP contribution in [0.1, 0.15) is 10.4 Å². The highest BCUT2D eigenvalue weighted by Gasteiger charge is 2.24. The van der Waals surface area contributed by atoms with Crippen molar-refractivity contribution in [2.75, 3.05) is 45.3 Å². The zero-order valence-corrected chi connectivity index (χ0v) is 16.4. The summed E-state index contributed by atoms with van der Waals surface area (Å²) < 4.78 is 12.5. The second-order valence-electron chi connectivity index (χ2n) is 6.82. The Morgan fingerprint density at radius 1 is 1.00 bits per heavy atom. The van der Waals surface area contributed by atoms with Crippen LogP contribution in [-0.4, -0.2) is 61.0 Å². The van der Waals surface area contributed by atoms with E-state index in [-0.39, 0.29) is 5.91 Å². The lowest BCUT2D eigenvalue weighted by Gasteiger charge is -2.36. The van der Waals surface area contributed by atoms with Gasteiger partial charge < -0.3 is 19.3 Å². The molecule has 0 aliphatic carbocycles. The number of rotatable bonds is 4. The SMILES string of the molecule is COc1ccccc1N1CCN(C(=O)c2ccc3c(OC)n(C)nc3c2)CC1. The number of nitrogens with zero attached hydrogens (tertiary/aromatic N) is 4. The van der Waals surface area contributed by atoms with Gasteiger partial charge in [0.25, 0.3) is 5.91 Å². The summed E-state index contributed by atoms with van der Waals surface area (Å²) >= 11 is 0. The van der Waals surface area contributed by atoms with Crippen molar-refractivity contribution in [1.29, 1.82) is 0 Å². The van der Waals surface area contributed by atoms with Gasteiger partial charge in [0.1, 0.15) is 5.75 Å². The molecule has 2 aromatic carbocycles. The number of carbonyl (C=O) groups is 1. The van der Waals surface area contributed by atoms with Crippen molar-refractivity contribution in [1.82, 2.24) is 14.7 Å². The summed E-state index contributed by atoms with van der Waals surface area (Å²) in [6, 6.07) is 13.6. The molecule has 1 fully saturated rings. The van der Waals surface area contributed by atoms with Gasteiger partial charge in [-0.05, 0) is 30.3 Å². The number of anilines is 1. The van der Waals surface area contributed by atoms with E-state index in [2.05, 4.69) is 16.1 Å². The standard InChI is InChI=1S/C21H24N4O3/c1-23-21(28-3)16-9-8-15(14-17(16)22-23)20(26)25-12-10-24(11-13-25)18-6-4-5-7-19(18)27-2/h4-9,14H,10-13H2,1-3H3. The summed E-state index contributed by atoms with van der Waals surface area (Å²) in [4.78, 5) is 17.1. The first-order chi connectivity index (χ1) is 13.6. The van der Waals surface area contributed by atoms with Crippen LogP contribution < -0.4 is 14.4 Å². The Hall–Kier alpha value is -3.22. The third kappa shape index (κ3) is 3.13. The van der Waals surface area contributed by atoms with E-state index in [0.29, 0.717) is 24.5 Å². The van der Waals surface area contributed by atoms with Gasteiger partial charge in [0, 0.05) is 38.8 Å². The highest BCUT2D eigenvalue weighted by atomic mass is 16.5. The number of fused-ring (bicyclic) bond motifs is 1. The second-order valence-corrected chi connectivity index (χ2v) is 6.82. The van der Waals surface area contributed by atoms with Crippen LogP contribution in [0, 0.1) is 0 Å². The monoisotopic (exact) mass is 380 g/mol. The van der Waals surface area contributed by atoms with E-state index in [1.165, 1.54) is 0 Å². The zero-order valence-electron chi connectivity index (χ0n) is 16.4. The van der Waals surface area contributed by atoms with Crippen LogP contribution in [-0.2, 0) is 7.05 Å². The average Bonchev–Trinajstić information content (AvgIpc) is 3.07. The van der Waals surface area contributed by atoms with E-state index in [9.17, 15) is 4.79 Å². The van der Waals surface area contributed by atoms with Crippen molar-refractivity contribution in [2.24, 2.45) is 7.05 Å². The van der Waals surface area contributed by atoms with Gasteiger partial charge >= 0.3 is 0 Å². The van der Waals surface area contributed by atoms with Crippen LogP contribution >= 0.6 is 0 Å². The van der Waals surface area contributed by atoms with E-state index in [4.69, 9.17) is 9.47 Å². The normalized spacial score (nSPS) is 14.4. The van der Waals surface area contributed by atoms with Crippen molar-refractivity contribution in [3.05, 3.63) is 48.0 Å². The molecule has 0 spiro atoms. The molecule has 7 heteroatoms. The molecule has 0 radical (unpaired) electrons. The van der Waals surface area contributed by atoms with Crippen molar-refractivity contribution >= 4 is 22.5 Å². The minimum Gasteiger partial charge on any atom is -0.495 e. The molecule has 146 valence electrons. The summed E-state index contributed by atoms with van der Waals surface area (Å²) in [5.74, 6) is 1.59. The lowest BCUT2D eigenvalue weighted by Crippen LogP contribution is -2.48. The number of aryl methyl sites for hydroxylation is 1. The molecular weight excluding hydrogens is 356 g/mol. The average molecular weight is 380 g/mol. The summed E-state index contributed by atoms with van der Waals surface area (Å²) in [5, 5.41) is 5.35. The van der Waals surface area contributed by atoms with E-state index >= 15 is 0 Å². The van der Waals surface area contributed by atoms with Crippen LogP contribution in [0.4, 0.5) is 5.69 Å². The summed E-state index contributed by atoms with van der Waals surface area (Å²) in [5.41, 5.74) is 2.48. The van der Waals surface area contributed by atoms with Gasteiger partial charge in [0.15, 0.2) is 0 Å². The number of piperazine rings is 1. The van der Waals surface area contributed by atoms with Crippen LogP contribution in [0.15, 0.2) is 42.5 Å². The molecule has 2 heterocycles. The molecule has 0 bridgehead atoms. The maximum Gasteiger partial charge on any atom is 0.254 e. The van der Waals surface area contributed by atoms with Crippen LogP contribution in [0.5, 0.6) is 11.6 Å². The number of ether oxygens (including phenoxy) is 2. The molecular formula is C21H24N4O3. The molecule has 7 nitrogen and oxygen atoms in total. The third-order valence-electron chi connectivity index (χ3n) is 5.21. The third-order valence-corrected chi connectivity index (χ3v) is 5.21. The minimum absolute atomic E-state index is 0.0335. The van der Waals surface area contributed by atoms with Gasteiger partial charge in [-0.25, -0.2) is 4.68 Å². The largest absolute Gasteiger partial charge is 0.495 e. The molecule has 0 atom stereocenters. The minimum atomic E-state index is 0.0335. The van der Waals surface area contributed by atoms with Crippen LogP contribution in [0.3, 0.4) is 0 Å². The maximum atomic E-state index is 13.0. The lowest BCUT2D eigenvalue weighted by atomic mass is 10.1. The Kier molecular flexibility index (Phi) is 4.81. The molecule has 0 N–H and O–H groups in total. The van der Waals surface area contributed by atoms with Gasteiger partial charge in [-0.2, -0.15) is 5.10 Å². The molecule has 1 amide bonds. The van der Waals surface area contributed by atoms with E-state index in [0.717, 1.165) is 35.4 Å². The molecule has 0 saturated carbocycles. The molecule has 4 rings (SSSR count). The topological polar surface area (TPSA) is 59.8 Å². The van der Waals surface area contributed by atoms with Crippen molar-refractivity contribution in [3.8, 4) is 11.6 Å². The first-order valence-corrected chi connectivity index (χ1v) is 9.30. The summed E-state index contributed by atoms with van der Waals surface area (Å²) in [6.45, 7) is 2.87. The smallest absolute Gasteiger partial charge is 0.254 e. The molecule has 1 aromatic heterocycles. The van der Waals surface area contributed by atoms with E-state index in [1.54, 1.807) is 18.9 Å². The summed E-state index contributed by atoms with van der Waals surface area (Å²) in [6.07, 6.45) is 0. The number of carbonyl (C=O) groups excluding carboxylic acids is 1. The first-order valence-electron chi connectivity index (χ1n) is 9.30. The number of amides is 1. The number of aromatic nitrogens is 2. The fourth-order valence-corrected chi connectivity index (χ4v) is 3.78. The molecule has 1 saturated heterocycles. The van der Waals surface area contributed by atoms with E-state index in [1.807, 2.05) is 48.3 Å². The predicted molar refractivity (Wildman–Crippen MR) is 108 cm³/mol. The maximum absolute atomic E-state index is 13.0. The molecule has 1 aliphatic heterocycles. The van der Waals surface area contributed by atoms with Gasteiger partial charge in [-0.15, -0.1) is 0 Å². The number of methoxy groups -OCH3 is 2. The highest BCUT2D eigenvalue weighted by Crippen LogP contribution is 2.29. The Morgan fingerprint density at radius 2 is 1.75 bits per heavy atom. The fraction of sp³-hybridized carbons (Fsp3) is 0.333. The van der Waals surface area contributed by atoms with Gasteiger partial charge in [0.05, 0.1) is 30.8 Å². The Balaban J connectivity index is 1.49. The van der Waals surface area contributed by atoms with Gasteiger partial charge in [-0.1, -0.05) is 12.1 Å². The fourth-order valence-electron chi connectivity index (χ4n) is 3.78. The van der Waals surface area contributed by atoms with Gasteiger partial charge in [0.2, 0.25) is 5.88 Å². The quantitative estimate of drug-likeness (QED) is 0.696. The Morgan fingerprint density at radius 3 is 2.46 bits per heavy atom. The molecule has 28 heavy (non-hydrogen) atoms. The zero-order chi connectivity index (χ0) is 19.7. The number of benzene rings is 2. The molecule has 3 aromatic rings. The highest BCUT2D eigenvalue weighted by molar-refractivity contribution is 5.98. The van der Waals surface area contributed by atoms with E-state index < -0.39 is 0 Å². The van der Waals surface area contributed by atoms with Crippen LogP contribution in [0.25, 0.3) is 10.9 Å². The lowest BCUT2D eigenvalue weighted by molar-refractivity contribution is 0.0747. The van der Waals surface area contributed by atoms with Crippen molar-refractivity contribution in [3.63, 3.8) is 0 Å². The predicted octanol–water partition coefficient (Wildman–Crippen LogP) is 2.55. The van der Waals surface area contributed by atoms with Crippen molar-refractivity contribution < 1.29 is 14.3 Å². The number of hydrogen-bond donors (Lipinski definition) is 0. The number of hydrogen-bond acceptors (Lipinski definition) is 5.